The van der Waals surface area contributed by atoms with E-state index in [2.05, 4.69) is 0 Å². The molecule has 7 heteroatoms. The highest BCUT2D eigenvalue weighted by Crippen LogP contribution is 2.58. The number of carbonyl (C=O) groups is 2. The summed E-state index contributed by atoms with van der Waals surface area (Å²) >= 11 is 11.8. The Morgan fingerprint density at radius 3 is 2.88 bits per heavy atom. The number of piperidine rings is 1. The summed E-state index contributed by atoms with van der Waals surface area (Å²) in [7, 11) is 0. The minimum Gasteiger partial charge on any atom is -0.506 e. The number of phenolic OH excluding ortho intramolecular Hbond substituents is 1. The Balaban J connectivity index is 1.77. The Morgan fingerprint density at radius 2 is 2.17 bits per heavy atom. The first-order valence-corrected chi connectivity index (χ1v) is 8.77. The summed E-state index contributed by atoms with van der Waals surface area (Å²) in [6.07, 6.45) is 2.47. The number of carbonyl (C=O) groups excluding carboxylic acids is 2. The zero-order chi connectivity index (χ0) is 17.5. The number of esters is 1. The number of phenols is 1. The highest BCUT2D eigenvalue weighted by molar-refractivity contribution is 6.36. The minimum atomic E-state index is -0.314. The fraction of sp³-hybridized carbons (Fsp3) is 0.529. The first-order chi connectivity index (χ1) is 11.4. The number of amides is 1. The van der Waals surface area contributed by atoms with Crippen LogP contribution < -0.4 is 0 Å². The van der Waals surface area contributed by atoms with E-state index in [0.717, 1.165) is 19.3 Å². The van der Waals surface area contributed by atoms with Crippen LogP contribution in [-0.2, 0) is 9.53 Å². The third-order valence-corrected chi connectivity index (χ3v) is 5.42. The van der Waals surface area contributed by atoms with Crippen molar-refractivity contribution in [3.8, 4) is 5.75 Å². The van der Waals surface area contributed by atoms with Gasteiger partial charge in [-0.3, -0.25) is 9.59 Å². The number of rotatable bonds is 3. The molecule has 1 heterocycles. The molecule has 1 spiro atoms. The average molecular weight is 372 g/mol. The van der Waals surface area contributed by atoms with E-state index in [4.69, 9.17) is 27.9 Å². The molecular formula is C17H19Cl2NO4. The Morgan fingerprint density at radius 1 is 1.42 bits per heavy atom. The predicted molar refractivity (Wildman–Crippen MR) is 90.4 cm³/mol. The molecule has 1 amide bonds. The maximum absolute atomic E-state index is 12.8. The third-order valence-electron chi connectivity index (χ3n) is 4.92. The number of halogens is 2. The van der Waals surface area contributed by atoms with Crippen molar-refractivity contribution in [1.29, 1.82) is 0 Å². The Bertz CT molecular complexity index is 693. The minimum absolute atomic E-state index is 0.0494. The highest BCUT2D eigenvalue weighted by atomic mass is 35.5. The fourth-order valence-corrected chi connectivity index (χ4v) is 4.10. The number of nitrogens with zero attached hydrogens (tertiary/aromatic N) is 1. The normalized spacial score (nSPS) is 25.6. The van der Waals surface area contributed by atoms with Crippen molar-refractivity contribution < 1.29 is 19.4 Å². The van der Waals surface area contributed by atoms with Crippen molar-refractivity contribution in [3.05, 3.63) is 27.7 Å². The topological polar surface area (TPSA) is 66.8 Å². The van der Waals surface area contributed by atoms with Gasteiger partial charge in [-0.25, -0.2) is 0 Å². The van der Waals surface area contributed by atoms with Crippen molar-refractivity contribution in [2.45, 2.75) is 26.2 Å². The lowest BCUT2D eigenvalue weighted by Crippen LogP contribution is -2.42. The van der Waals surface area contributed by atoms with E-state index < -0.39 is 0 Å². The Kier molecular flexibility index (Phi) is 4.67. The summed E-state index contributed by atoms with van der Waals surface area (Å²) in [5.74, 6) is -0.890. The van der Waals surface area contributed by atoms with Crippen LogP contribution in [0.25, 0.3) is 0 Å². The van der Waals surface area contributed by atoms with Gasteiger partial charge in [0.05, 0.1) is 23.1 Å². The van der Waals surface area contributed by atoms with Gasteiger partial charge >= 0.3 is 5.97 Å². The standard InChI is InChI=1S/C17H19Cl2NO4/c1-2-24-16(23)12-8-17(12)4-3-5-20(9-17)15(22)11-6-10(18)7-13(19)14(11)21/h6-7,12,21H,2-5,8-9H2,1H3. The quantitative estimate of drug-likeness (QED) is 0.825. The number of benzene rings is 1. The molecule has 24 heavy (non-hydrogen) atoms. The van der Waals surface area contributed by atoms with Gasteiger partial charge in [0.15, 0.2) is 0 Å². The van der Waals surface area contributed by atoms with E-state index in [1.807, 2.05) is 0 Å². The molecule has 2 atom stereocenters. The highest BCUT2D eigenvalue weighted by Gasteiger charge is 2.60. The number of hydrogen-bond donors (Lipinski definition) is 1. The largest absolute Gasteiger partial charge is 0.506 e. The summed E-state index contributed by atoms with van der Waals surface area (Å²) in [5, 5.41) is 10.4. The molecule has 1 aliphatic heterocycles. The Labute approximate surface area is 150 Å². The number of hydrogen-bond acceptors (Lipinski definition) is 4. The smallest absolute Gasteiger partial charge is 0.309 e. The lowest BCUT2D eigenvalue weighted by molar-refractivity contribution is -0.146. The molecule has 2 fully saturated rings. The molecule has 1 saturated carbocycles. The van der Waals surface area contributed by atoms with Gasteiger partial charge in [-0.15, -0.1) is 0 Å². The van der Waals surface area contributed by atoms with Gasteiger partial charge in [0.1, 0.15) is 5.75 Å². The van der Waals surface area contributed by atoms with E-state index >= 15 is 0 Å². The van der Waals surface area contributed by atoms with Gasteiger partial charge in [-0.05, 0) is 38.3 Å². The zero-order valence-electron chi connectivity index (χ0n) is 13.3. The summed E-state index contributed by atoms with van der Waals surface area (Å²) < 4.78 is 5.11. The van der Waals surface area contributed by atoms with Crippen molar-refractivity contribution in [3.63, 3.8) is 0 Å². The van der Waals surface area contributed by atoms with Crippen LogP contribution in [0.4, 0.5) is 0 Å². The molecule has 5 nitrogen and oxygen atoms in total. The molecule has 1 saturated heterocycles. The summed E-state index contributed by atoms with van der Waals surface area (Å²) in [6, 6.07) is 2.81. The molecule has 2 unspecified atom stereocenters. The predicted octanol–water partition coefficient (Wildman–Crippen LogP) is 3.50. The van der Waals surface area contributed by atoms with Gasteiger partial charge in [0, 0.05) is 23.5 Å². The van der Waals surface area contributed by atoms with Crippen LogP contribution in [-0.4, -0.2) is 41.6 Å². The molecule has 3 rings (SSSR count). The first kappa shape index (κ1) is 17.4. The molecular weight excluding hydrogens is 353 g/mol. The second-order valence-electron chi connectivity index (χ2n) is 6.49. The molecule has 1 aromatic rings. The first-order valence-electron chi connectivity index (χ1n) is 8.02. The van der Waals surface area contributed by atoms with Crippen molar-refractivity contribution >= 4 is 35.1 Å². The van der Waals surface area contributed by atoms with E-state index in [-0.39, 0.29) is 39.5 Å². The monoisotopic (exact) mass is 371 g/mol. The molecule has 130 valence electrons. The lowest BCUT2D eigenvalue weighted by atomic mass is 9.91. The van der Waals surface area contributed by atoms with E-state index in [1.54, 1.807) is 11.8 Å². The molecule has 1 aromatic carbocycles. The van der Waals surface area contributed by atoms with Crippen LogP contribution in [0.3, 0.4) is 0 Å². The number of likely N-dealkylation sites (tertiary alicyclic amines) is 1. The van der Waals surface area contributed by atoms with Crippen LogP contribution in [0.15, 0.2) is 12.1 Å². The van der Waals surface area contributed by atoms with Gasteiger partial charge in [-0.2, -0.15) is 0 Å². The second-order valence-corrected chi connectivity index (χ2v) is 7.33. The number of aromatic hydroxyl groups is 1. The van der Waals surface area contributed by atoms with E-state index in [0.29, 0.717) is 24.7 Å². The molecule has 2 aliphatic rings. The molecule has 0 radical (unpaired) electrons. The van der Waals surface area contributed by atoms with Gasteiger partial charge in [0.25, 0.3) is 5.91 Å². The molecule has 1 aliphatic carbocycles. The van der Waals surface area contributed by atoms with Crippen LogP contribution in [0.1, 0.15) is 36.5 Å². The fourth-order valence-electron chi connectivity index (χ4n) is 3.61. The lowest BCUT2D eigenvalue weighted by Gasteiger charge is -2.34. The van der Waals surface area contributed by atoms with Gasteiger partial charge < -0.3 is 14.7 Å². The summed E-state index contributed by atoms with van der Waals surface area (Å²) in [5.41, 5.74) is -0.0871. The van der Waals surface area contributed by atoms with Crippen LogP contribution in [0.2, 0.25) is 10.0 Å². The third kappa shape index (κ3) is 3.07. The van der Waals surface area contributed by atoms with Crippen molar-refractivity contribution in [1.82, 2.24) is 4.90 Å². The maximum Gasteiger partial charge on any atom is 0.309 e. The number of ether oxygens (including phenoxy) is 1. The van der Waals surface area contributed by atoms with Gasteiger partial charge in [0.2, 0.25) is 0 Å². The molecule has 1 N–H and O–H groups in total. The van der Waals surface area contributed by atoms with Crippen molar-refractivity contribution in [2.75, 3.05) is 19.7 Å². The van der Waals surface area contributed by atoms with Crippen LogP contribution in [0, 0.1) is 11.3 Å². The van der Waals surface area contributed by atoms with Crippen molar-refractivity contribution in [2.24, 2.45) is 11.3 Å². The van der Waals surface area contributed by atoms with E-state index in [9.17, 15) is 14.7 Å². The Hall–Kier alpha value is -1.46. The molecule has 0 bridgehead atoms. The van der Waals surface area contributed by atoms with Gasteiger partial charge in [-0.1, -0.05) is 23.2 Å². The SMILES string of the molecule is CCOC(=O)C1CC12CCCN(C(=O)c1cc(Cl)cc(Cl)c1O)C2. The summed E-state index contributed by atoms with van der Waals surface area (Å²) in [6.45, 7) is 3.22. The van der Waals surface area contributed by atoms with Crippen LogP contribution >= 0.6 is 23.2 Å². The van der Waals surface area contributed by atoms with E-state index in [1.165, 1.54) is 12.1 Å². The second kappa shape index (κ2) is 6.45. The average Bonchev–Trinajstić information content (AvgIpc) is 3.23. The molecule has 0 aromatic heterocycles. The van der Waals surface area contributed by atoms with Crippen LogP contribution in [0.5, 0.6) is 5.75 Å². The summed E-state index contributed by atoms with van der Waals surface area (Å²) in [4.78, 5) is 26.4. The zero-order valence-corrected chi connectivity index (χ0v) is 14.9. The maximum atomic E-state index is 12.8.